The van der Waals surface area contributed by atoms with Crippen LogP contribution in [0.1, 0.15) is 80.6 Å². The van der Waals surface area contributed by atoms with Gasteiger partial charge in [0.15, 0.2) is 11.6 Å². The first kappa shape index (κ1) is 22.7. The highest BCUT2D eigenvalue weighted by atomic mass is 16.7. The third-order valence-electron chi connectivity index (χ3n) is 8.08. The summed E-state index contributed by atoms with van der Waals surface area (Å²) >= 11 is 0. The van der Waals surface area contributed by atoms with E-state index >= 15 is 0 Å². The van der Waals surface area contributed by atoms with Crippen LogP contribution in [0.5, 0.6) is 0 Å². The van der Waals surface area contributed by atoms with Gasteiger partial charge in [0, 0.05) is 12.8 Å². The van der Waals surface area contributed by atoms with Crippen molar-refractivity contribution in [1.29, 1.82) is 0 Å². The SMILES string of the molecule is CC(C)[C@H]1CC2(OCCO2)C2=CC3=C(C(=O)OC(C)(C)C)C(=O)CC[C@@]3(C)CC[C@@]21C. The molecule has 172 valence electrons. The summed E-state index contributed by atoms with van der Waals surface area (Å²) in [6.07, 6.45) is 6.02. The molecule has 2 fully saturated rings. The van der Waals surface area contributed by atoms with Crippen LogP contribution in [0.15, 0.2) is 22.8 Å². The molecule has 5 heteroatoms. The predicted molar refractivity (Wildman–Crippen MR) is 118 cm³/mol. The molecule has 1 aliphatic heterocycles. The summed E-state index contributed by atoms with van der Waals surface area (Å²) < 4.78 is 18.2. The third-order valence-corrected chi connectivity index (χ3v) is 8.08. The van der Waals surface area contributed by atoms with Crippen molar-refractivity contribution in [3.05, 3.63) is 22.8 Å². The lowest BCUT2D eigenvalue weighted by molar-refractivity contribution is -0.151. The van der Waals surface area contributed by atoms with Crippen molar-refractivity contribution in [3.8, 4) is 0 Å². The van der Waals surface area contributed by atoms with E-state index in [0.29, 0.717) is 31.5 Å². The second-order valence-electron chi connectivity index (χ2n) is 11.8. The summed E-state index contributed by atoms with van der Waals surface area (Å²) in [6.45, 7) is 15.7. The molecule has 0 amide bonds. The monoisotopic (exact) mass is 430 g/mol. The van der Waals surface area contributed by atoms with Crippen molar-refractivity contribution in [2.24, 2.45) is 22.7 Å². The first-order chi connectivity index (χ1) is 14.3. The Morgan fingerprint density at radius 1 is 1.13 bits per heavy atom. The molecule has 5 nitrogen and oxygen atoms in total. The molecular weight excluding hydrogens is 392 g/mol. The molecule has 1 saturated carbocycles. The van der Waals surface area contributed by atoms with E-state index in [-0.39, 0.29) is 22.2 Å². The van der Waals surface area contributed by atoms with Gasteiger partial charge in [0.1, 0.15) is 11.2 Å². The van der Waals surface area contributed by atoms with Crippen molar-refractivity contribution in [2.75, 3.05) is 13.2 Å². The highest BCUT2D eigenvalue weighted by Crippen LogP contribution is 2.64. The van der Waals surface area contributed by atoms with Gasteiger partial charge in [0.25, 0.3) is 0 Å². The zero-order chi connectivity index (χ0) is 22.8. The van der Waals surface area contributed by atoms with Gasteiger partial charge in [-0.2, -0.15) is 0 Å². The first-order valence-electron chi connectivity index (χ1n) is 11.8. The van der Waals surface area contributed by atoms with Crippen molar-refractivity contribution in [1.82, 2.24) is 0 Å². The van der Waals surface area contributed by atoms with Gasteiger partial charge >= 0.3 is 5.97 Å². The molecule has 4 aliphatic rings. The van der Waals surface area contributed by atoms with E-state index in [9.17, 15) is 9.59 Å². The Hall–Kier alpha value is -1.46. The number of carbonyl (C=O) groups excluding carboxylic acids is 2. The van der Waals surface area contributed by atoms with Gasteiger partial charge in [-0.25, -0.2) is 4.79 Å². The summed E-state index contributed by atoms with van der Waals surface area (Å²) in [5, 5.41) is 0. The lowest BCUT2D eigenvalue weighted by atomic mass is 9.66. The number of carbonyl (C=O) groups is 2. The van der Waals surface area contributed by atoms with Gasteiger partial charge in [-0.1, -0.05) is 33.8 Å². The molecule has 31 heavy (non-hydrogen) atoms. The van der Waals surface area contributed by atoms with Gasteiger partial charge < -0.3 is 14.2 Å². The molecule has 0 radical (unpaired) electrons. The van der Waals surface area contributed by atoms with Gasteiger partial charge in [0.2, 0.25) is 0 Å². The van der Waals surface area contributed by atoms with E-state index in [4.69, 9.17) is 14.2 Å². The Labute approximate surface area is 186 Å². The lowest BCUT2D eigenvalue weighted by Crippen LogP contribution is -2.35. The molecule has 0 N–H and O–H groups in total. The average molecular weight is 431 g/mol. The molecule has 3 atom stereocenters. The molecule has 1 spiro atoms. The van der Waals surface area contributed by atoms with Crippen LogP contribution >= 0.6 is 0 Å². The number of allylic oxidation sites excluding steroid dienone is 2. The quantitative estimate of drug-likeness (QED) is 0.448. The van der Waals surface area contributed by atoms with Crippen LogP contribution < -0.4 is 0 Å². The van der Waals surface area contributed by atoms with Crippen molar-refractivity contribution < 1.29 is 23.8 Å². The summed E-state index contributed by atoms with van der Waals surface area (Å²) in [4.78, 5) is 26.2. The normalized spacial score (nSPS) is 35.2. The number of esters is 1. The fraction of sp³-hybridized carbons (Fsp3) is 0.769. The minimum Gasteiger partial charge on any atom is -0.456 e. The molecule has 0 aromatic heterocycles. The average Bonchev–Trinajstić information content (AvgIpc) is 3.17. The minimum atomic E-state index is -0.735. The highest BCUT2D eigenvalue weighted by Gasteiger charge is 2.61. The Bertz CT molecular complexity index is 852. The van der Waals surface area contributed by atoms with Crippen LogP contribution in [0, 0.1) is 22.7 Å². The number of fused-ring (bicyclic) bond motifs is 3. The van der Waals surface area contributed by atoms with Gasteiger partial charge in [-0.15, -0.1) is 0 Å². The molecule has 4 rings (SSSR count). The molecule has 0 aromatic rings. The largest absolute Gasteiger partial charge is 0.456 e. The number of hydrogen-bond acceptors (Lipinski definition) is 5. The van der Waals surface area contributed by atoms with E-state index in [1.165, 1.54) is 0 Å². The molecule has 0 unspecified atom stereocenters. The Morgan fingerprint density at radius 2 is 1.77 bits per heavy atom. The number of ketones is 1. The van der Waals surface area contributed by atoms with Crippen molar-refractivity contribution >= 4 is 11.8 Å². The Morgan fingerprint density at radius 3 is 2.35 bits per heavy atom. The fourth-order valence-corrected chi connectivity index (χ4v) is 6.39. The van der Waals surface area contributed by atoms with Crippen LogP contribution in [0.4, 0.5) is 0 Å². The van der Waals surface area contributed by atoms with Crippen LogP contribution in [-0.2, 0) is 23.8 Å². The molecule has 3 aliphatic carbocycles. The van der Waals surface area contributed by atoms with Crippen molar-refractivity contribution in [2.45, 2.75) is 92.0 Å². The Kier molecular flexibility index (Phi) is 5.33. The van der Waals surface area contributed by atoms with Crippen molar-refractivity contribution in [3.63, 3.8) is 0 Å². The fourth-order valence-electron chi connectivity index (χ4n) is 6.39. The number of rotatable bonds is 2. The van der Waals surface area contributed by atoms with E-state index in [2.05, 4.69) is 33.8 Å². The maximum absolute atomic E-state index is 13.2. The van der Waals surface area contributed by atoms with E-state index in [0.717, 1.165) is 36.8 Å². The standard InChI is InChI=1S/C26H38O5/c1-16(2)18-15-26(29-12-13-30-26)20-14-17-21(22(28)31-23(3,4)5)19(27)8-9-24(17,6)10-11-25(18,20)7/h14,16,18H,8-13,15H2,1-7H3/t18-,24+,25-/m1/s1. The second kappa shape index (κ2) is 7.28. The molecule has 1 heterocycles. The van der Waals surface area contributed by atoms with Gasteiger partial charge in [-0.3, -0.25) is 4.79 Å². The predicted octanol–water partition coefficient (Wildman–Crippen LogP) is 5.14. The Balaban J connectivity index is 1.93. The van der Waals surface area contributed by atoms with Crippen LogP contribution in [0.3, 0.4) is 0 Å². The van der Waals surface area contributed by atoms with E-state index in [1.807, 2.05) is 20.8 Å². The zero-order valence-electron chi connectivity index (χ0n) is 20.2. The molecule has 0 bridgehead atoms. The summed E-state index contributed by atoms with van der Waals surface area (Å²) in [6, 6.07) is 0. The number of Topliss-reactive ketones (excluding diaryl/α,β-unsaturated/α-hetero) is 1. The maximum atomic E-state index is 13.2. The highest BCUT2D eigenvalue weighted by molar-refractivity contribution is 6.19. The van der Waals surface area contributed by atoms with E-state index < -0.39 is 17.4 Å². The molecule has 0 aromatic carbocycles. The number of hydrogen-bond donors (Lipinski definition) is 0. The van der Waals surface area contributed by atoms with Crippen LogP contribution in [0.25, 0.3) is 0 Å². The van der Waals surface area contributed by atoms with Gasteiger partial charge in [0.05, 0.1) is 13.2 Å². The summed E-state index contributed by atoms with van der Waals surface area (Å²) in [5.74, 6) is -0.444. The van der Waals surface area contributed by atoms with E-state index in [1.54, 1.807) is 0 Å². The first-order valence-corrected chi connectivity index (χ1v) is 11.8. The summed E-state index contributed by atoms with van der Waals surface area (Å²) in [7, 11) is 0. The topological polar surface area (TPSA) is 61.8 Å². The lowest BCUT2D eigenvalue weighted by Gasteiger charge is -2.38. The van der Waals surface area contributed by atoms with Gasteiger partial charge in [-0.05, 0) is 73.8 Å². The zero-order valence-corrected chi connectivity index (χ0v) is 20.2. The summed E-state index contributed by atoms with van der Waals surface area (Å²) in [5.41, 5.74) is 1.21. The minimum absolute atomic E-state index is 0.0893. The number of ether oxygens (including phenoxy) is 3. The molecular formula is C26H38O5. The smallest absolute Gasteiger partial charge is 0.342 e. The van der Waals surface area contributed by atoms with Crippen LogP contribution in [0.2, 0.25) is 0 Å². The third kappa shape index (κ3) is 3.62. The maximum Gasteiger partial charge on any atom is 0.342 e. The second-order valence-corrected chi connectivity index (χ2v) is 11.8. The van der Waals surface area contributed by atoms with Crippen LogP contribution in [-0.4, -0.2) is 36.4 Å². The molecule has 1 saturated heterocycles.